The molecule has 0 aliphatic carbocycles. The van der Waals surface area contributed by atoms with Crippen LogP contribution in [0.3, 0.4) is 0 Å². The standard InChI is InChI=1S/C10H11ClO3/c1-2-9-12-10(14-13-9)7-3-5-8(11)6-4-7/h3-6,9-10H,2H2,1H3. The average Bonchev–Trinajstić information content (AvgIpc) is 2.67. The minimum atomic E-state index is -0.433. The zero-order valence-electron chi connectivity index (χ0n) is 7.77. The van der Waals surface area contributed by atoms with Gasteiger partial charge < -0.3 is 4.74 Å². The highest BCUT2D eigenvalue weighted by Crippen LogP contribution is 2.29. The summed E-state index contributed by atoms with van der Waals surface area (Å²) in [5.74, 6) is 0. The highest BCUT2D eigenvalue weighted by molar-refractivity contribution is 6.30. The summed E-state index contributed by atoms with van der Waals surface area (Å²) in [7, 11) is 0. The Labute approximate surface area is 87.5 Å². The first-order chi connectivity index (χ1) is 6.79. The summed E-state index contributed by atoms with van der Waals surface area (Å²) in [5.41, 5.74) is 0.908. The molecule has 1 heterocycles. The quantitative estimate of drug-likeness (QED) is 0.709. The smallest absolute Gasteiger partial charge is 0.220 e. The van der Waals surface area contributed by atoms with E-state index in [1.54, 1.807) is 12.1 Å². The van der Waals surface area contributed by atoms with Gasteiger partial charge >= 0.3 is 0 Å². The predicted octanol–water partition coefficient (Wildman–Crippen LogP) is 3.05. The number of hydrogen-bond acceptors (Lipinski definition) is 3. The summed E-state index contributed by atoms with van der Waals surface area (Å²) >= 11 is 5.76. The molecule has 2 rings (SSSR count). The Morgan fingerprint density at radius 3 is 2.50 bits per heavy atom. The lowest BCUT2D eigenvalue weighted by molar-refractivity contribution is -0.298. The van der Waals surface area contributed by atoms with Crippen LogP contribution in [0.2, 0.25) is 5.02 Å². The number of hydrogen-bond donors (Lipinski definition) is 0. The molecule has 0 amide bonds. The van der Waals surface area contributed by atoms with E-state index in [0.717, 1.165) is 12.0 Å². The molecule has 1 fully saturated rings. The lowest BCUT2D eigenvalue weighted by atomic mass is 10.2. The van der Waals surface area contributed by atoms with Crippen LogP contribution in [0.15, 0.2) is 24.3 Å². The van der Waals surface area contributed by atoms with E-state index in [4.69, 9.17) is 26.1 Å². The molecule has 76 valence electrons. The molecule has 3 nitrogen and oxygen atoms in total. The zero-order valence-corrected chi connectivity index (χ0v) is 8.53. The maximum absolute atomic E-state index is 5.76. The second kappa shape index (κ2) is 4.28. The van der Waals surface area contributed by atoms with Gasteiger partial charge in [-0.2, -0.15) is 4.89 Å². The van der Waals surface area contributed by atoms with Gasteiger partial charge in [-0.05, 0) is 18.6 Å². The molecule has 0 aromatic heterocycles. The monoisotopic (exact) mass is 214 g/mol. The summed E-state index contributed by atoms with van der Waals surface area (Å²) < 4.78 is 5.45. The molecule has 2 unspecified atom stereocenters. The van der Waals surface area contributed by atoms with Gasteiger partial charge in [0.25, 0.3) is 0 Å². The first-order valence-electron chi connectivity index (χ1n) is 4.52. The van der Waals surface area contributed by atoms with E-state index in [-0.39, 0.29) is 6.29 Å². The van der Waals surface area contributed by atoms with Crippen LogP contribution in [0.5, 0.6) is 0 Å². The predicted molar refractivity (Wildman–Crippen MR) is 51.5 cm³/mol. The molecule has 0 saturated carbocycles. The third-order valence-corrected chi connectivity index (χ3v) is 2.25. The van der Waals surface area contributed by atoms with Crippen molar-refractivity contribution in [2.75, 3.05) is 0 Å². The summed E-state index contributed by atoms with van der Waals surface area (Å²) in [6, 6.07) is 7.30. The largest absolute Gasteiger partial charge is 0.313 e. The number of rotatable bonds is 2. The van der Waals surface area contributed by atoms with Crippen LogP contribution in [0, 0.1) is 0 Å². The number of benzene rings is 1. The Balaban J connectivity index is 2.06. The van der Waals surface area contributed by atoms with Crippen molar-refractivity contribution in [3.63, 3.8) is 0 Å². The molecular weight excluding hydrogens is 204 g/mol. The lowest BCUT2D eigenvalue weighted by Gasteiger charge is -2.06. The van der Waals surface area contributed by atoms with E-state index in [1.807, 2.05) is 19.1 Å². The van der Waals surface area contributed by atoms with Gasteiger partial charge in [0, 0.05) is 10.6 Å². The Kier molecular flexibility index (Phi) is 3.03. The number of ether oxygens (including phenoxy) is 1. The fourth-order valence-corrected chi connectivity index (χ4v) is 1.34. The average molecular weight is 215 g/mol. The first kappa shape index (κ1) is 9.93. The van der Waals surface area contributed by atoms with Crippen molar-refractivity contribution in [3.05, 3.63) is 34.9 Å². The van der Waals surface area contributed by atoms with Crippen molar-refractivity contribution in [1.29, 1.82) is 0 Å². The van der Waals surface area contributed by atoms with Crippen molar-refractivity contribution < 1.29 is 14.5 Å². The Morgan fingerprint density at radius 1 is 1.21 bits per heavy atom. The van der Waals surface area contributed by atoms with Crippen molar-refractivity contribution in [2.45, 2.75) is 25.9 Å². The molecule has 0 spiro atoms. The molecule has 0 radical (unpaired) electrons. The molecule has 0 N–H and O–H groups in total. The van der Waals surface area contributed by atoms with Gasteiger partial charge in [0.1, 0.15) is 0 Å². The highest BCUT2D eigenvalue weighted by atomic mass is 35.5. The van der Waals surface area contributed by atoms with Gasteiger partial charge in [-0.25, -0.2) is 4.89 Å². The topological polar surface area (TPSA) is 27.7 Å². The normalized spacial score (nSPS) is 26.7. The molecule has 14 heavy (non-hydrogen) atoms. The van der Waals surface area contributed by atoms with Gasteiger partial charge in [-0.15, -0.1) is 0 Å². The highest BCUT2D eigenvalue weighted by Gasteiger charge is 2.27. The van der Waals surface area contributed by atoms with Crippen LogP contribution in [-0.4, -0.2) is 6.29 Å². The molecule has 2 atom stereocenters. The van der Waals surface area contributed by atoms with Crippen molar-refractivity contribution >= 4 is 11.6 Å². The summed E-state index contributed by atoms with van der Waals surface area (Å²) in [6.45, 7) is 1.97. The molecule has 1 aliphatic heterocycles. The molecular formula is C10H11ClO3. The Morgan fingerprint density at radius 2 is 1.93 bits per heavy atom. The molecule has 1 aromatic rings. The molecule has 4 heteroatoms. The minimum Gasteiger partial charge on any atom is -0.313 e. The SMILES string of the molecule is CCC1OOC(c2ccc(Cl)cc2)O1. The summed E-state index contributed by atoms with van der Waals surface area (Å²) in [4.78, 5) is 9.96. The van der Waals surface area contributed by atoms with E-state index in [9.17, 15) is 0 Å². The minimum absolute atomic E-state index is 0.268. The van der Waals surface area contributed by atoms with Gasteiger partial charge in [0.15, 0.2) is 6.29 Å². The fourth-order valence-electron chi connectivity index (χ4n) is 1.21. The Hall–Kier alpha value is -0.610. The Bertz CT molecular complexity index is 299. The van der Waals surface area contributed by atoms with E-state index in [1.165, 1.54) is 0 Å². The summed E-state index contributed by atoms with van der Waals surface area (Å²) in [5, 5.41) is 0.694. The fraction of sp³-hybridized carbons (Fsp3) is 0.400. The van der Waals surface area contributed by atoms with E-state index in [2.05, 4.69) is 0 Å². The van der Waals surface area contributed by atoms with Crippen molar-refractivity contribution in [2.24, 2.45) is 0 Å². The van der Waals surface area contributed by atoms with Gasteiger partial charge in [-0.3, -0.25) is 0 Å². The van der Waals surface area contributed by atoms with Gasteiger partial charge in [-0.1, -0.05) is 30.7 Å². The van der Waals surface area contributed by atoms with Gasteiger partial charge in [0.2, 0.25) is 6.29 Å². The third-order valence-electron chi connectivity index (χ3n) is 2.00. The second-order valence-corrected chi connectivity index (χ2v) is 3.49. The van der Waals surface area contributed by atoms with Crippen LogP contribution in [0.1, 0.15) is 25.2 Å². The van der Waals surface area contributed by atoms with Crippen LogP contribution >= 0.6 is 11.6 Å². The molecule has 1 aliphatic rings. The molecule has 1 aromatic carbocycles. The van der Waals surface area contributed by atoms with Crippen molar-refractivity contribution in [3.8, 4) is 0 Å². The van der Waals surface area contributed by atoms with Gasteiger partial charge in [0.05, 0.1) is 0 Å². The van der Waals surface area contributed by atoms with Crippen LogP contribution in [0.25, 0.3) is 0 Å². The first-order valence-corrected chi connectivity index (χ1v) is 4.90. The molecule has 1 saturated heterocycles. The zero-order chi connectivity index (χ0) is 9.97. The van der Waals surface area contributed by atoms with Crippen LogP contribution in [0.4, 0.5) is 0 Å². The maximum atomic E-state index is 5.76. The van der Waals surface area contributed by atoms with E-state index >= 15 is 0 Å². The van der Waals surface area contributed by atoms with Crippen LogP contribution < -0.4 is 0 Å². The molecule has 0 bridgehead atoms. The van der Waals surface area contributed by atoms with Crippen LogP contribution in [-0.2, 0) is 14.5 Å². The second-order valence-electron chi connectivity index (χ2n) is 3.05. The van der Waals surface area contributed by atoms with E-state index < -0.39 is 6.29 Å². The van der Waals surface area contributed by atoms with Crippen molar-refractivity contribution in [1.82, 2.24) is 0 Å². The number of halogens is 1. The van der Waals surface area contributed by atoms with E-state index in [0.29, 0.717) is 5.02 Å². The summed E-state index contributed by atoms with van der Waals surface area (Å²) in [6.07, 6.45) is 0.0669. The maximum Gasteiger partial charge on any atom is 0.220 e. The third kappa shape index (κ3) is 2.07. The lowest BCUT2D eigenvalue weighted by Crippen LogP contribution is -2.05.